The van der Waals surface area contributed by atoms with Gasteiger partial charge in [-0.15, -0.1) is 0 Å². The van der Waals surface area contributed by atoms with Crippen LogP contribution in [0.1, 0.15) is 23.3 Å². The standard InChI is InChI=1S/C15H14N2O2/c1-3-12-15(10-6-4-5-7-13(10)19-12)11-8-17(2)14(9-18)16-11/h4-9H,3H2,1-2H3. The lowest BCUT2D eigenvalue weighted by Crippen LogP contribution is -1.92. The minimum atomic E-state index is 0.419. The van der Waals surface area contributed by atoms with E-state index in [4.69, 9.17) is 4.42 Å². The first-order chi connectivity index (χ1) is 9.24. The number of imidazole rings is 1. The highest BCUT2D eigenvalue weighted by Crippen LogP contribution is 2.34. The Morgan fingerprint density at radius 2 is 2.16 bits per heavy atom. The van der Waals surface area contributed by atoms with Crippen LogP contribution in [0.5, 0.6) is 0 Å². The second-order valence-corrected chi connectivity index (χ2v) is 4.46. The molecule has 3 aromatic rings. The Bertz CT molecular complexity index is 753. The van der Waals surface area contributed by atoms with Crippen LogP contribution >= 0.6 is 0 Å². The van der Waals surface area contributed by atoms with Crippen LogP contribution in [-0.4, -0.2) is 15.8 Å². The fourth-order valence-corrected chi connectivity index (χ4v) is 2.34. The molecule has 0 aliphatic heterocycles. The Labute approximate surface area is 110 Å². The number of fused-ring (bicyclic) bond motifs is 1. The predicted octanol–water partition coefficient (Wildman–Crippen LogP) is 3.21. The maximum absolute atomic E-state index is 10.9. The molecule has 0 aliphatic rings. The molecule has 4 heteroatoms. The van der Waals surface area contributed by atoms with Crippen LogP contribution in [0.25, 0.3) is 22.2 Å². The van der Waals surface area contributed by atoms with E-state index in [1.807, 2.05) is 44.4 Å². The van der Waals surface area contributed by atoms with Crippen molar-refractivity contribution in [2.45, 2.75) is 13.3 Å². The number of aromatic nitrogens is 2. The van der Waals surface area contributed by atoms with E-state index >= 15 is 0 Å². The molecule has 0 unspecified atom stereocenters. The molecule has 2 aromatic heterocycles. The summed E-state index contributed by atoms with van der Waals surface area (Å²) >= 11 is 0. The van der Waals surface area contributed by atoms with Gasteiger partial charge in [0.05, 0.1) is 11.3 Å². The first-order valence-corrected chi connectivity index (χ1v) is 6.24. The minimum Gasteiger partial charge on any atom is -0.460 e. The normalized spacial score (nSPS) is 11.1. The van der Waals surface area contributed by atoms with Crippen LogP contribution < -0.4 is 0 Å². The summed E-state index contributed by atoms with van der Waals surface area (Å²) in [7, 11) is 1.81. The summed E-state index contributed by atoms with van der Waals surface area (Å²) in [6.07, 6.45) is 3.41. The molecule has 0 bridgehead atoms. The molecule has 0 atom stereocenters. The van der Waals surface area contributed by atoms with Gasteiger partial charge in [-0.1, -0.05) is 25.1 Å². The van der Waals surface area contributed by atoms with Crippen molar-refractivity contribution < 1.29 is 9.21 Å². The summed E-state index contributed by atoms with van der Waals surface area (Å²) in [5.74, 6) is 1.32. The van der Waals surface area contributed by atoms with Gasteiger partial charge in [-0.05, 0) is 6.07 Å². The van der Waals surface area contributed by atoms with E-state index in [2.05, 4.69) is 4.98 Å². The number of nitrogens with zero attached hydrogens (tertiary/aromatic N) is 2. The van der Waals surface area contributed by atoms with Crippen LogP contribution in [0.15, 0.2) is 34.9 Å². The fraction of sp³-hybridized carbons (Fsp3) is 0.200. The summed E-state index contributed by atoms with van der Waals surface area (Å²) in [6, 6.07) is 7.89. The Morgan fingerprint density at radius 1 is 1.37 bits per heavy atom. The van der Waals surface area contributed by atoms with Crippen molar-refractivity contribution in [1.29, 1.82) is 0 Å². The maximum atomic E-state index is 10.9. The van der Waals surface area contributed by atoms with Crippen molar-refractivity contribution in [3.63, 3.8) is 0 Å². The molecular weight excluding hydrogens is 240 g/mol. The smallest absolute Gasteiger partial charge is 0.185 e. The van der Waals surface area contributed by atoms with Gasteiger partial charge in [0.1, 0.15) is 11.3 Å². The van der Waals surface area contributed by atoms with Crippen molar-refractivity contribution in [1.82, 2.24) is 9.55 Å². The summed E-state index contributed by atoms with van der Waals surface area (Å²) in [5.41, 5.74) is 2.63. The van der Waals surface area contributed by atoms with Gasteiger partial charge in [0.25, 0.3) is 0 Å². The van der Waals surface area contributed by atoms with E-state index in [-0.39, 0.29) is 0 Å². The average Bonchev–Trinajstić information content (AvgIpc) is 2.98. The van der Waals surface area contributed by atoms with E-state index in [0.717, 1.165) is 40.7 Å². The number of aldehydes is 1. The zero-order chi connectivity index (χ0) is 13.4. The highest BCUT2D eigenvalue weighted by Gasteiger charge is 2.17. The molecule has 0 aliphatic carbocycles. The van der Waals surface area contributed by atoms with E-state index in [0.29, 0.717) is 5.82 Å². The molecular formula is C15H14N2O2. The van der Waals surface area contributed by atoms with Gasteiger partial charge in [-0.3, -0.25) is 4.79 Å². The summed E-state index contributed by atoms with van der Waals surface area (Å²) < 4.78 is 7.57. The van der Waals surface area contributed by atoms with Gasteiger partial charge in [0.15, 0.2) is 12.1 Å². The fourth-order valence-electron chi connectivity index (χ4n) is 2.34. The zero-order valence-corrected chi connectivity index (χ0v) is 10.9. The number of carbonyl (C=O) groups excluding carboxylic acids is 1. The number of rotatable bonds is 3. The number of para-hydroxylation sites is 1. The molecule has 0 amide bonds. The molecule has 96 valence electrons. The molecule has 19 heavy (non-hydrogen) atoms. The largest absolute Gasteiger partial charge is 0.460 e. The molecule has 1 aromatic carbocycles. The Balaban J connectivity index is 2.30. The lowest BCUT2D eigenvalue weighted by molar-refractivity contribution is 0.111. The van der Waals surface area contributed by atoms with Gasteiger partial charge in [0, 0.05) is 25.1 Å². The molecule has 0 saturated carbocycles. The molecule has 2 heterocycles. The highest BCUT2D eigenvalue weighted by molar-refractivity contribution is 5.95. The monoisotopic (exact) mass is 254 g/mol. The second-order valence-electron chi connectivity index (χ2n) is 4.46. The van der Waals surface area contributed by atoms with Crippen LogP contribution in [0, 0.1) is 0 Å². The van der Waals surface area contributed by atoms with Crippen LogP contribution in [-0.2, 0) is 13.5 Å². The van der Waals surface area contributed by atoms with Gasteiger partial charge in [-0.25, -0.2) is 4.98 Å². The lowest BCUT2D eigenvalue weighted by Gasteiger charge is -1.96. The molecule has 0 saturated heterocycles. The highest BCUT2D eigenvalue weighted by atomic mass is 16.3. The first kappa shape index (κ1) is 11.7. The van der Waals surface area contributed by atoms with E-state index in [1.165, 1.54) is 0 Å². The number of aryl methyl sites for hydroxylation is 2. The predicted molar refractivity (Wildman–Crippen MR) is 73.2 cm³/mol. The van der Waals surface area contributed by atoms with E-state index in [1.54, 1.807) is 4.57 Å². The Morgan fingerprint density at radius 3 is 2.84 bits per heavy atom. The van der Waals surface area contributed by atoms with Crippen molar-refractivity contribution in [3.05, 3.63) is 42.0 Å². The van der Waals surface area contributed by atoms with Crippen molar-refractivity contribution in [2.24, 2.45) is 7.05 Å². The Hall–Kier alpha value is -2.36. The van der Waals surface area contributed by atoms with E-state index in [9.17, 15) is 4.79 Å². The second kappa shape index (κ2) is 4.39. The minimum absolute atomic E-state index is 0.419. The molecule has 3 rings (SSSR count). The van der Waals surface area contributed by atoms with Crippen LogP contribution in [0.3, 0.4) is 0 Å². The molecule has 0 N–H and O–H groups in total. The number of benzene rings is 1. The van der Waals surface area contributed by atoms with Crippen molar-refractivity contribution in [2.75, 3.05) is 0 Å². The Kier molecular flexibility index (Phi) is 2.71. The number of carbonyl (C=O) groups is 1. The molecule has 4 nitrogen and oxygen atoms in total. The van der Waals surface area contributed by atoms with Gasteiger partial charge >= 0.3 is 0 Å². The molecule has 0 fully saturated rings. The topological polar surface area (TPSA) is 48.0 Å². The summed E-state index contributed by atoms with van der Waals surface area (Å²) in [6.45, 7) is 2.05. The molecule has 0 radical (unpaired) electrons. The molecule has 0 spiro atoms. The van der Waals surface area contributed by atoms with Crippen LogP contribution in [0.2, 0.25) is 0 Å². The first-order valence-electron chi connectivity index (χ1n) is 6.24. The van der Waals surface area contributed by atoms with Gasteiger partial charge in [0.2, 0.25) is 0 Å². The third-order valence-electron chi connectivity index (χ3n) is 3.26. The summed E-state index contributed by atoms with van der Waals surface area (Å²) in [5, 5.41) is 1.04. The van der Waals surface area contributed by atoms with Crippen LogP contribution in [0.4, 0.5) is 0 Å². The quantitative estimate of drug-likeness (QED) is 0.674. The number of hydrogen-bond acceptors (Lipinski definition) is 3. The van der Waals surface area contributed by atoms with E-state index < -0.39 is 0 Å². The maximum Gasteiger partial charge on any atom is 0.185 e. The van der Waals surface area contributed by atoms with Gasteiger partial charge < -0.3 is 8.98 Å². The van der Waals surface area contributed by atoms with Gasteiger partial charge in [-0.2, -0.15) is 0 Å². The number of hydrogen-bond donors (Lipinski definition) is 0. The lowest BCUT2D eigenvalue weighted by atomic mass is 10.1. The third kappa shape index (κ3) is 1.76. The van der Waals surface area contributed by atoms with Crippen molar-refractivity contribution >= 4 is 17.3 Å². The van der Waals surface area contributed by atoms with Crippen molar-refractivity contribution in [3.8, 4) is 11.3 Å². The SMILES string of the molecule is CCc1oc2ccccc2c1-c1cn(C)c(C=O)n1. The third-order valence-corrected chi connectivity index (χ3v) is 3.26. The zero-order valence-electron chi connectivity index (χ0n) is 10.9. The average molecular weight is 254 g/mol. The number of furan rings is 1. The summed E-state index contributed by atoms with van der Waals surface area (Å²) in [4.78, 5) is 15.3.